The van der Waals surface area contributed by atoms with E-state index in [0.29, 0.717) is 11.3 Å². The fraction of sp³-hybridized carbons (Fsp3) is 0.571. The number of hydrogen-bond acceptors (Lipinski definition) is 1. The monoisotopic (exact) mass is 203 g/mol. The molecule has 2 rings (SSSR count). The zero-order chi connectivity index (χ0) is 10.9. The molecule has 0 aliphatic carbocycles. The first kappa shape index (κ1) is 10.7. The lowest BCUT2D eigenvalue weighted by molar-refractivity contribution is 0.238. The molecular weight excluding hydrogens is 182 g/mol. The van der Waals surface area contributed by atoms with Gasteiger partial charge >= 0.3 is 0 Å². The van der Waals surface area contributed by atoms with Gasteiger partial charge in [-0.3, -0.25) is 0 Å². The number of nitrogens with one attached hydrogen (secondary N) is 1. The van der Waals surface area contributed by atoms with Gasteiger partial charge in [0.15, 0.2) is 0 Å². The van der Waals surface area contributed by atoms with Crippen LogP contribution in [0.15, 0.2) is 24.3 Å². The molecule has 1 nitrogen and oxygen atoms in total. The third-order valence-electron chi connectivity index (χ3n) is 4.04. The molecule has 0 bridgehead atoms. The zero-order valence-corrected chi connectivity index (χ0v) is 10.0. The molecule has 0 spiro atoms. The third kappa shape index (κ3) is 1.93. The Balaban J connectivity index is 2.34. The molecule has 1 N–H and O–H groups in total. The van der Waals surface area contributed by atoms with Crippen molar-refractivity contribution in [1.82, 2.24) is 5.32 Å². The van der Waals surface area contributed by atoms with Crippen molar-refractivity contribution < 1.29 is 0 Å². The van der Waals surface area contributed by atoms with Gasteiger partial charge in [0, 0.05) is 0 Å². The van der Waals surface area contributed by atoms with E-state index >= 15 is 0 Å². The number of hydrogen-bond donors (Lipinski definition) is 1. The Bertz CT molecular complexity index is 345. The maximum absolute atomic E-state index is 3.47. The summed E-state index contributed by atoms with van der Waals surface area (Å²) in [5.41, 5.74) is 3.24. The van der Waals surface area contributed by atoms with E-state index < -0.39 is 0 Å². The minimum atomic E-state index is 0.358. The van der Waals surface area contributed by atoms with Crippen LogP contribution in [0.4, 0.5) is 0 Å². The van der Waals surface area contributed by atoms with Gasteiger partial charge in [-0.15, -0.1) is 0 Å². The van der Waals surface area contributed by atoms with Crippen LogP contribution in [0, 0.1) is 12.8 Å². The Hall–Kier alpha value is -0.820. The van der Waals surface area contributed by atoms with E-state index in [-0.39, 0.29) is 0 Å². The molecule has 1 heterocycles. The molecule has 0 aromatic heterocycles. The summed E-state index contributed by atoms with van der Waals surface area (Å²) in [6.45, 7) is 9.24. The van der Waals surface area contributed by atoms with E-state index in [1.165, 1.54) is 17.5 Å². The van der Waals surface area contributed by atoms with Gasteiger partial charge < -0.3 is 5.32 Å². The second-order valence-electron chi connectivity index (χ2n) is 5.14. The first-order valence-electron chi connectivity index (χ1n) is 5.91. The maximum Gasteiger partial charge on any atom is -0.00147 e. The standard InChI is InChI=1S/C14H21N/c1-11-5-4-6-13(9-11)14(3)7-8-15-10-12(14)2/h4-6,9,12,15H,7-8,10H2,1-3H3/t12-,14?/m0/s1. The molecule has 82 valence electrons. The molecule has 1 saturated heterocycles. The molecule has 2 atom stereocenters. The Morgan fingerprint density at radius 2 is 2.20 bits per heavy atom. The fourth-order valence-electron chi connectivity index (χ4n) is 2.57. The van der Waals surface area contributed by atoms with Crippen molar-refractivity contribution in [3.63, 3.8) is 0 Å². The molecule has 1 aliphatic heterocycles. The predicted octanol–water partition coefficient (Wildman–Crippen LogP) is 2.88. The van der Waals surface area contributed by atoms with Crippen LogP contribution >= 0.6 is 0 Å². The molecule has 1 aromatic carbocycles. The average Bonchev–Trinajstić information content (AvgIpc) is 2.23. The van der Waals surface area contributed by atoms with Crippen LogP contribution in [0.1, 0.15) is 31.4 Å². The second-order valence-corrected chi connectivity index (χ2v) is 5.14. The van der Waals surface area contributed by atoms with Crippen LogP contribution in [0.5, 0.6) is 0 Å². The van der Waals surface area contributed by atoms with Crippen molar-refractivity contribution in [1.29, 1.82) is 0 Å². The van der Waals surface area contributed by atoms with Crippen LogP contribution in [0.25, 0.3) is 0 Å². The minimum absolute atomic E-state index is 0.358. The summed E-state index contributed by atoms with van der Waals surface area (Å²) in [5, 5.41) is 3.47. The molecular formula is C14H21N. The van der Waals surface area contributed by atoms with Crippen molar-refractivity contribution in [2.45, 2.75) is 32.6 Å². The van der Waals surface area contributed by atoms with Crippen molar-refractivity contribution in [2.75, 3.05) is 13.1 Å². The first-order chi connectivity index (χ1) is 7.13. The van der Waals surface area contributed by atoms with Crippen LogP contribution in [0.3, 0.4) is 0 Å². The van der Waals surface area contributed by atoms with Crippen molar-refractivity contribution >= 4 is 0 Å². The normalized spacial score (nSPS) is 31.5. The lowest BCUT2D eigenvalue weighted by atomic mass is 9.68. The molecule has 1 fully saturated rings. The molecule has 0 radical (unpaired) electrons. The Kier molecular flexibility index (Phi) is 2.83. The molecule has 0 amide bonds. The molecule has 0 saturated carbocycles. The van der Waals surface area contributed by atoms with Crippen molar-refractivity contribution in [2.24, 2.45) is 5.92 Å². The van der Waals surface area contributed by atoms with E-state index in [9.17, 15) is 0 Å². The topological polar surface area (TPSA) is 12.0 Å². The second kappa shape index (κ2) is 3.97. The molecule has 1 aliphatic rings. The highest BCUT2D eigenvalue weighted by atomic mass is 14.9. The van der Waals surface area contributed by atoms with Gasteiger partial charge in [0.25, 0.3) is 0 Å². The summed E-state index contributed by atoms with van der Waals surface area (Å²) in [6, 6.07) is 9.00. The number of piperidine rings is 1. The van der Waals surface area contributed by atoms with Crippen LogP contribution in [-0.4, -0.2) is 13.1 Å². The number of aryl methyl sites for hydroxylation is 1. The van der Waals surface area contributed by atoms with E-state index in [0.717, 1.165) is 13.1 Å². The SMILES string of the molecule is Cc1cccc(C2(C)CCNC[C@@H]2C)c1. The molecule has 1 heteroatoms. The zero-order valence-electron chi connectivity index (χ0n) is 10.0. The van der Waals surface area contributed by atoms with Crippen LogP contribution in [-0.2, 0) is 5.41 Å². The Labute approximate surface area is 92.9 Å². The summed E-state index contributed by atoms with van der Waals surface area (Å²) in [4.78, 5) is 0. The highest BCUT2D eigenvalue weighted by molar-refractivity contribution is 5.30. The first-order valence-corrected chi connectivity index (χ1v) is 5.91. The van der Waals surface area contributed by atoms with Gasteiger partial charge in [-0.1, -0.05) is 43.7 Å². The quantitative estimate of drug-likeness (QED) is 0.740. The molecule has 1 aromatic rings. The average molecular weight is 203 g/mol. The van der Waals surface area contributed by atoms with Gasteiger partial charge in [0.05, 0.1) is 0 Å². The maximum atomic E-state index is 3.47. The lowest BCUT2D eigenvalue weighted by Gasteiger charge is -2.40. The summed E-state index contributed by atoms with van der Waals surface area (Å²) < 4.78 is 0. The fourth-order valence-corrected chi connectivity index (χ4v) is 2.57. The third-order valence-corrected chi connectivity index (χ3v) is 4.04. The van der Waals surface area contributed by atoms with E-state index in [1.54, 1.807) is 0 Å². The van der Waals surface area contributed by atoms with E-state index in [2.05, 4.69) is 50.4 Å². The minimum Gasteiger partial charge on any atom is -0.316 e. The Morgan fingerprint density at radius 1 is 1.40 bits per heavy atom. The smallest absolute Gasteiger partial charge is 0.00147 e. The summed E-state index contributed by atoms with van der Waals surface area (Å²) in [5.74, 6) is 0.716. The van der Waals surface area contributed by atoms with Gasteiger partial charge in [-0.2, -0.15) is 0 Å². The number of benzene rings is 1. The van der Waals surface area contributed by atoms with Crippen LogP contribution < -0.4 is 5.32 Å². The number of rotatable bonds is 1. The summed E-state index contributed by atoms with van der Waals surface area (Å²) >= 11 is 0. The predicted molar refractivity (Wildman–Crippen MR) is 65.2 cm³/mol. The summed E-state index contributed by atoms with van der Waals surface area (Å²) in [6.07, 6.45) is 1.25. The van der Waals surface area contributed by atoms with E-state index in [1.807, 2.05) is 0 Å². The van der Waals surface area contributed by atoms with Crippen molar-refractivity contribution in [3.05, 3.63) is 35.4 Å². The largest absolute Gasteiger partial charge is 0.316 e. The van der Waals surface area contributed by atoms with Crippen molar-refractivity contribution in [3.8, 4) is 0 Å². The van der Waals surface area contributed by atoms with E-state index in [4.69, 9.17) is 0 Å². The van der Waals surface area contributed by atoms with Crippen LogP contribution in [0.2, 0.25) is 0 Å². The van der Waals surface area contributed by atoms with Gasteiger partial charge in [0.2, 0.25) is 0 Å². The summed E-state index contributed by atoms with van der Waals surface area (Å²) in [7, 11) is 0. The van der Waals surface area contributed by atoms with Gasteiger partial charge in [-0.05, 0) is 43.3 Å². The molecule has 1 unspecified atom stereocenters. The highest BCUT2D eigenvalue weighted by Crippen LogP contribution is 2.37. The van der Waals surface area contributed by atoms with Gasteiger partial charge in [-0.25, -0.2) is 0 Å². The highest BCUT2D eigenvalue weighted by Gasteiger charge is 2.34. The Morgan fingerprint density at radius 3 is 2.87 bits per heavy atom. The van der Waals surface area contributed by atoms with Gasteiger partial charge in [0.1, 0.15) is 0 Å². The lowest BCUT2D eigenvalue weighted by Crippen LogP contribution is -2.44. The molecule has 15 heavy (non-hydrogen) atoms.